The Balaban J connectivity index is 1.30. The Morgan fingerprint density at radius 1 is 1.00 bits per heavy atom. The highest BCUT2D eigenvalue weighted by atomic mass is 32.1. The van der Waals surface area contributed by atoms with Gasteiger partial charge in [-0.25, -0.2) is 4.39 Å². The van der Waals surface area contributed by atoms with Crippen LogP contribution in [0.2, 0.25) is 0 Å². The highest BCUT2D eigenvalue weighted by Gasteiger charge is 2.48. The molecule has 2 aliphatic carbocycles. The van der Waals surface area contributed by atoms with Gasteiger partial charge in [0.1, 0.15) is 12.4 Å². The molecule has 6 heteroatoms. The van der Waals surface area contributed by atoms with E-state index in [4.69, 9.17) is 0 Å². The molecule has 0 radical (unpaired) electrons. The predicted octanol–water partition coefficient (Wildman–Crippen LogP) is 5.52. The van der Waals surface area contributed by atoms with Gasteiger partial charge < -0.3 is 9.80 Å². The molecular weight excluding hydrogens is 447 g/mol. The summed E-state index contributed by atoms with van der Waals surface area (Å²) in [7, 11) is 0. The second kappa shape index (κ2) is 9.71. The third kappa shape index (κ3) is 5.22. The molecule has 2 unspecified atom stereocenters. The van der Waals surface area contributed by atoms with E-state index in [9.17, 15) is 14.0 Å². The molecule has 0 spiro atoms. The largest absolute Gasteiger partial charge is 0.332 e. The van der Waals surface area contributed by atoms with Crippen molar-refractivity contribution in [3.63, 3.8) is 0 Å². The maximum atomic E-state index is 13.6. The molecule has 1 aromatic heterocycles. The van der Waals surface area contributed by atoms with Crippen molar-refractivity contribution in [1.29, 1.82) is 0 Å². The molecule has 2 aliphatic rings. The number of carbonyl (C=O) groups is 2. The number of hydrogen-bond acceptors (Lipinski definition) is 3. The number of thiophene rings is 1. The van der Waals surface area contributed by atoms with Crippen LogP contribution >= 0.6 is 11.3 Å². The van der Waals surface area contributed by atoms with Crippen molar-refractivity contribution in [2.45, 2.75) is 51.2 Å². The third-order valence-electron chi connectivity index (χ3n) is 6.85. The van der Waals surface area contributed by atoms with Crippen molar-refractivity contribution in [3.8, 4) is 0 Å². The van der Waals surface area contributed by atoms with E-state index in [1.54, 1.807) is 28.4 Å². The maximum Gasteiger partial charge on any atom is 0.242 e. The molecule has 4 nitrogen and oxygen atoms in total. The maximum absolute atomic E-state index is 13.6. The van der Waals surface area contributed by atoms with Gasteiger partial charge in [-0.05, 0) is 72.4 Å². The van der Waals surface area contributed by atoms with Crippen LogP contribution in [0.15, 0.2) is 66.0 Å². The van der Waals surface area contributed by atoms with Gasteiger partial charge in [-0.15, -0.1) is 11.3 Å². The molecule has 0 aliphatic heterocycles. The van der Waals surface area contributed by atoms with Crippen molar-refractivity contribution in [2.24, 2.45) is 5.92 Å². The first-order valence-corrected chi connectivity index (χ1v) is 12.8. The monoisotopic (exact) mass is 476 g/mol. The zero-order valence-electron chi connectivity index (χ0n) is 19.3. The summed E-state index contributed by atoms with van der Waals surface area (Å²) in [5.41, 5.74) is 3.23. The van der Waals surface area contributed by atoms with E-state index in [2.05, 4.69) is 18.2 Å². The Hall–Kier alpha value is -2.99. The molecule has 5 rings (SSSR count). The van der Waals surface area contributed by atoms with Crippen LogP contribution in [-0.4, -0.2) is 34.2 Å². The molecule has 2 amide bonds. The van der Waals surface area contributed by atoms with Crippen LogP contribution in [0.4, 0.5) is 4.39 Å². The summed E-state index contributed by atoms with van der Waals surface area (Å²) in [5, 5.41) is 2.03. The average Bonchev–Trinajstić information content (AvgIpc) is 3.77. The van der Waals surface area contributed by atoms with Crippen molar-refractivity contribution in [2.75, 3.05) is 6.54 Å². The quantitative estimate of drug-likeness (QED) is 0.408. The highest BCUT2D eigenvalue weighted by Crippen LogP contribution is 2.49. The van der Waals surface area contributed by atoms with Crippen molar-refractivity contribution >= 4 is 23.2 Å². The number of nitrogens with zero attached hydrogens (tertiary/aromatic N) is 2. The minimum absolute atomic E-state index is 0.0270. The lowest BCUT2D eigenvalue weighted by Crippen LogP contribution is -2.44. The van der Waals surface area contributed by atoms with Crippen LogP contribution < -0.4 is 0 Å². The van der Waals surface area contributed by atoms with E-state index in [1.165, 1.54) is 17.7 Å². The lowest BCUT2D eigenvalue weighted by Gasteiger charge is -2.28. The lowest BCUT2D eigenvalue weighted by atomic mass is 10.1. The van der Waals surface area contributed by atoms with Gasteiger partial charge in [0.2, 0.25) is 11.8 Å². The van der Waals surface area contributed by atoms with E-state index >= 15 is 0 Å². The topological polar surface area (TPSA) is 40.6 Å². The molecule has 3 aromatic rings. The normalized spacial score (nSPS) is 19.0. The second-order valence-corrected chi connectivity index (χ2v) is 10.5. The minimum Gasteiger partial charge on any atom is -0.332 e. The zero-order chi connectivity index (χ0) is 23.7. The van der Waals surface area contributed by atoms with Crippen molar-refractivity contribution in [3.05, 3.63) is 93.4 Å². The van der Waals surface area contributed by atoms with E-state index in [1.807, 2.05) is 35.4 Å². The first kappa shape index (κ1) is 22.8. The first-order chi connectivity index (χ1) is 16.5. The van der Waals surface area contributed by atoms with E-state index in [0.29, 0.717) is 13.1 Å². The van der Waals surface area contributed by atoms with Crippen LogP contribution in [-0.2, 0) is 22.7 Å². The molecule has 2 aromatic carbocycles. The van der Waals surface area contributed by atoms with Crippen LogP contribution in [0, 0.1) is 18.7 Å². The number of halogens is 1. The molecule has 1 heterocycles. The fourth-order valence-electron chi connectivity index (χ4n) is 4.55. The van der Waals surface area contributed by atoms with E-state index in [0.717, 1.165) is 35.3 Å². The van der Waals surface area contributed by atoms with E-state index < -0.39 is 0 Å². The lowest BCUT2D eigenvalue weighted by molar-refractivity contribution is -0.142. The summed E-state index contributed by atoms with van der Waals surface area (Å²) in [5.74, 6) is -0.0123. The van der Waals surface area contributed by atoms with Crippen LogP contribution in [0.1, 0.15) is 46.7 Å². The Bertz CT molecular complexity index is 1160. The fourth-order valence-corrected chi connectivity index (χ4v) is 5.47. The Kier molecular flexibility index (Phi) is 6.50. The SMILES string of the molecule is Cc1ccsc1CN(Cc1ccc(F)cc1)C(=O)CN(C(=O)C1CC1c1ccccc1)C1CC1. The third-order valence-corrected chi connectivity index (χ3v) is 7.86. The first-order valence-electron chi connectivity index (χ1n) is 11.9. The number of rotatable bonds is 9. The minimum atomic E-state index is -0.293. The van der Waals surface area contributed by atoms with Gasteiger partial charge in [-0.3, -0.25) is 9.59 Å². The van der Waals surface area contributed by atoms with Gasteiger partial charge >= 0.3 is 0 Å². The molecule has 0 bridgehead atoms. The number of carbonyl (C=O) groups excluding carboxylic acids is 2. The van der Waals surface area contributed by atoms with Gasteiger partial charge in [0, 0.05) is 23.4 Å². The smallest absolute Gasteiger partial charge is 0.242 e. The average molecular weight is 477 g/mol. The standard InChI is InChI=1S/C28H29FN2O2S/c1-19-13-14-34-26(19)17-30(16-20-7-9-22(29)10-8-20)27(32)18-31(23-11-12-23)28(33)25-15-24(25)21-5-3-2-4-6-21/h2-10,13-14,23-25H,11-12,15-18H2,1H3. The summed E-state index contributed by atoms with van der Waals surface area (Å²) in [6.45, 7) is 3.03. The fraction of sp³-hybridized carbons (Fsp3) is 0.357. The molecule has 34 heavy (non-hydrogen) atoms. The Morgan fingerprint density at radius 2 is 1.74 bits per heavy atom. The number of hydrogen-bond donors (Lipinski definition) is 0. The number of benzene rings is 2. The molecule has 2 fully saturated rings. The van der Waals surface area contributed by atoms with Gasteiger partial charge in [0.15, 0.2) is 0 Å². The summed E-state index contributed by atoms with van der Waals surface area (Å²) < 4.78 is 13.4. The Morgan fingerprint density at radius 3 is 2.38 bits per heavy atom. The summed E-state index contributed by atoms with van der Waals surface area (Å²) in [4.78, 5) is 31.7. The van der Waals surface area contributed by atoms with Gasteiger partial charge in [0.05, 0.1) is 6.54 Å². The van der Waals surface area contributed by atoms with Gasteiger partial charge in [-0.1, -0.05) is 42.5 Å². The van der Waals surface area contributed by atoms with E-state index in [-0.39, 0.29) is 42.1 Å². The van der Waals surface area contributed by atoms with Crippen molar-refractivity contribution in [1.82, 2.24) is 9.80 Å². The molecule has 2 atom stereocenters. The number of amides is 2. The van der Waals surface area contributed by atoms with Crippen LogP contribution in [0.3, 0.4) is 0 Å². The predicted molar refractivity (Wildman–Crippen MR) is 132 cm³/mol. The summed E-state index contributed by atoms with van der Waals surface area (Å²) in [6, 6.07) is 18.7. The molecule has 2 saturated carbocycles. The second-order valence-electron chi connectivity index (χ2n) is 9.46. The molecule has 0 N–H and O–H groups in total. The Labute approximate surface area is 204 Å². The van der Waals surface area contributed by atoms with Crippen molar-refractivity contribution < 1.29 is 14.0 Å². The van der Waals surface area contributed by atoms with Gasteiger partial charge in [-0.2, -0.15) is 0 Å². The number of aryl methyl sites for hydroxylation is 1. The highest BCUT2D eigenvalue weighted by molar-refractivity contribution is 7.10. The summed E-state index contributed by atoms with van der Waals surface area (Å²) >= 11 is 1.63. The van der Waals surface area contributed by atoms with Gasteiger partial charge in [0.25, 0.3) is 0 Å². The van der Waals surface area contributed by atoms with Crippen LogP contribution in [0.25, 0.3) is 0 Å². The molecule has 0 saturated heterocycles. The zero-order valence-corrected chi connectivity index (χ0v) is 20.1. The van der Waals surface area contributed by atoms with Crippen LogP contribution in [0.5, 0.6) is 0 Å². The molecular formula is C28H29FN2O2S. The molecule has 176 valence electrons. The summed E-state index contributed by atoms with van der Waals surface area (Å²) in [6.07, 6.45) is 2.78.